The molecule has 14 heteroatoms. The number of aromatic nitrogens is 5. The number of amides is 1. The van der Waals surface area contributed by atoms with Crippen LogP contribution < -0.4 is 20.5 Å². The van der Waals surface area contributed by atoms with Gasteiger partial charge in [-0.1, -0.05) is 31.2 Å². The van der Waals surface area contributed by atoms with E-state index in [0.717, 1.165) is 61.2 Å². The summed E-state index contributed by atoms with van der Waals surface area (Å²) in [6.45, 7) is 6.39. The third-order valence-corrected chi connectivity index (χ3v) is 12.2. The highest BCUT2D eigenvalue weighted by atomic mass is 16.5. The van der Waals surface area contributed by atoms with Gasteiger partial charge in [-0.2, -0.15) is 5.10 Å². The number of likely N-dealkylation sites (N-methyl/N-ethyl adjacent to an activating group) is 1. The average Bonchev–Trinajstić information content (AvgIpc) is 3.83. The van der Waals surface area contributed by atoms with E-state index in [1.807, 2.05) is 48.3 Å². The van der Waals surface area contributed by atoms with E-state index in [-0.39, 0.29) is 30.0 Å². The maximum absolute atomic E-state index is 14.4. The standard InChI is InChI=1S/C41H54N8O6/c1-24(2)31-19-27(33-23-48(46-44-33)13-7-12-47(3)22-30(50)21-42)10-11-34(31)49-35(38-36(54-4)8-6-9-37(38)55-5)20-32(45-49)39(51)43-41(40(52)53)28-15-25-14-26(17-28)18-29(41)16-25/h6,8-11,19-20,23-26,28-30,50H,7,12-18,21-22,42H2,1-5H3,(H,43,51)(H,52,53)/t25?,26?,28?,29?,30-,41?/m0/s1. The number of carbonyl (C=O) groups excluding carboxylic acids is 1. The molecule has 8 rings (SSSR count). The molecular formula is C41H54N8O6. The molecule has 55 heavy (non-hydrogen) atoms. The zero-order valence-electron chi connectivity index (χ0n) is 32.4. The van der Waals surface area contributed by atoms with Crippen LogP contribution >= 0.6 is 0 Å². The molecule has 2 aromatic heterocycles. The summed E-state index contributed by atoms with van der Waals surface area (Å²) < 4.78 is 15.2. The average molecular weight is 755 g/mol. The van der Waals surface area contributed by atoms with Crippen molar-refractivity contribution in [2.45, 2.75) is 76.5 Å². The number of aliphatic hydroxyl groups excluding tert-OH is 1. The van der Waals surface area contributed by atoms with Gasteiger partial charge in [-0.05, 0) is 118 Å². The first-order valence-electron chi connectivity index (χ1n) is 19.4. The molecule has 5 N–H and O–H groups in total. The molecule has 4 fully saturated rings. The van der Waals surface area contributed by atoms with Gasteiger partial charge >= 0.3 is 5.97 Å². The molecule has 4 aliphatic carbocycles. The van der Waals surface area contributed by atoms with Crippen molar-refractivity contribution in [3.8, 4) is 39.7 Å². The van der Waals surface area contributed by atoms with Crippen LogP contribution in [0.4, 0.5) is 0 Å². The third kappa shape index (κ3) is 7.34. The predicted octanol–water partition coefficient (Wildman–Crippen LogP) is 4.59. The maximum atomic E-state index is 14.4. The molecule has 4 saturated carbocycles. The largest absolute Gasteiger partial charge is 0.496 e. The van der Waals surface area contributed by atoms with Crippen LogP contribution in [0.1, 0.15) is 74.3 Å². The number of hydrogen-bond donors (Lipinski definition) is 4. The van der Waals surface area contributed by atoms with Crippen molar-refractivity contribution in [1.82, 2.24) is 35.0 Å². The molecule has 0 radical (unpaired) electrons. The number of ether oxygens (including phenoxy) is 2. The van der Waals surface area contributed by atoms with Crippen LogP contribution in [0.3, 0.4) is 0 Å². The van der Waals surface area contributed by atoms with Crippen molar-refractivity contribution in [1.29, 1.82) is 0 Å². The molecular weight excluding hydrogens is 701 g/mol. The van der Waals surface area contributed by atoms with Gasteiger partial charge in [-0.25, -0.2) is 9.48 Å². The lowest BCUT2D eigenvalue weighted by Crippen LogP contribution is -2.70. The van der Waals surface area contributed by atoms with Crippen molar-refractivity contribution < 1.29 is 29.3 Å². The summed E-state index contributed by atoms with van der Waals surface area (Å²) in [6.07, 6.45) is 6.68. The molecule has 14 nitrogen and oxygen atoms in total. The Hall–Kier alpha value is -4.79. The maximum Gasteiger partial charge on any atom is 0.330 e. The highest BCUT2D eigenvalue weighted by Crippen LogP contribution is 2.58. The number of benzene rings is 2. The molecule has 0 unspecified atom stereocenters. The Bertz CT molecular complexity index is 1970. The fourth-order valence-electron chi connectivity index (χ4n) is 9.68. The Morgan fingerprint density at radius 1 is 1.04 bits per heavy atom. The lowest BCUT2D eigenvalue weighted by atomic mass is 9.48. The quantitative estimate of drug-likeness (QED) is 0.126. The van der Waals surface area contributed by atoms with Crippen LogP contribution in [0.25, 0.3) is 28.2 Å². The molecule has 2 aromatic carbocycles. The van der Waals surface area contributed by atoms with Crippen LogP contribution in [-0.4, -0.2) is 104 Å². The number of carboxylic acids is 1. The summed E-state index contributed by atoms with van der Waals surface area (Å²) in [5, 5.41) is 37.5. The van der Waals surface area contributed by atoms with E-state index in [0.29, 0.717) is 47.7 Å². The van der Waals surface area contributed by atoms with E-state index in [4.69, 9.17) is 20.3 Å². The van der Waals surface area contributed by atoms with Crippen LogP contribution in [0.5, 0.6) is 11.5 Å². The number of nitrogens with two attached hydrogens (primary N) is 1. The molecule has 1 amide bonds. The van der Waals surface area contributed by atoms with Crippen molar-refractivity contribution in [3.63, 3.8) is 0 Å². The van der Waals surface area contributed by atoms with Crippen LogP contribution in [-0.2, 0) is 11.3 Å². The minimum atomic E-state index is -1.32. The van der Waals surface area contributed by atoms with Gasteiger partial charge in [0.15, 0.2) is 5.69 Å². The lowest BCUT2D eigenvalue weighted by molar-refractivity contribution is -0.163. The number of aryl methyl sites for hydroxylation is 1. The van der Waals surface area contributed by atoms with Crippen molar-refractivity contribution in [2.24, 2.45) is 29.4 Å². The number of nitrogens with one attached hydrogen (secondary N) is 1. The number of hydrogen-bond acceptors (Lipinski definition) is 10. The van der Waals surface area contributed by atoms with Crippen molar-refractivity contribution >= 4 is 11.9 Å². The fourth-order valence-corrected chi connectivity index (χ4v) is 9.68. The monoisotopic (exact) mass is 754 g/mol. The van der Waals surface area contributed by atoms with Gasteiger partial charge in [0.05, 0.1) is 43.5 Å². The number of rotatable bonds is 16. The second-order valence-electron chi connectivity index (χ2n) is 16.1. The van der Waals surface area contributed by atoms with Crippen LogP contribution in [0.15, 0.2) is 48.7 Å². The highest BCUT2D eigenvalue weighted by molar-refractivity contribution is 5.98. The lowest BCUT2D eigenvalue weighted by Gasteiger charge is -2.59. The van der Waals surface area contributed by atoms with Gasteiger partial charge < -0.3 is 35.6 Å². The summed E-state index contributed by atoms with van der Waals surface area (Å²) in [7, 11) is 5.13. The molecule has 1 atom stereocenters. The first-order chi connectivity index (χ1) is 26.4. The topological polar surface area (TPSA) is 183 Å². The number of aliphatic hydroxyl groups is 1. The van der Waals surface area contributed by atoms with Crippen molar-refractivity contribution in [2.75, 3.05) is 40.9 Å². The summed E-state index contributed by atoms with van der Waals surface area (Å²) in [5.41, 5.74) is 8.85. The van der Waals surface area contributed by atoms with E-state index in [2.05, 4.69) is 40.4 Å². The minimum absolute atomic E-state index is 0.0432. The SMILES string of the molecule is COc1cccc(OC)c1-c1cc(C(=O)NC2(C(=O)O)C3CC4CC(C3)CC2C4)nn1-c1ccc(-c2cn(CCCN(C)C[C@@H](O)CN)nn2)cc1C(C)C. The number of aliphatic carboxylic acids is 1. The van der Waals surface area contributed by atoms with Gasteiger partial charge in [0.1, 0.15) is 22.7 Å². The zero-order valence-corrected chi connectivity index (χ0v) is 32.4. The number of methoxy groups -OCH3 is 2. The molecule has 2 heterocycles. The molecule has 0 aliphatic heterocycles. The first kappa shape index (κ1) is 38.5. The summed E-state index contributed by atoms with van der Waals surface area (Å²) >= 11 is 0. The number of carbonyl (C=O) groups is 2. The summed E-state index contributed by atoms with van der Waals surface area (Å²) in [6, 6.07) is 13.2. The summed E-state index contributed by atoms with van der Waals surface area (Å²) in [4.78, 5) is 29.6. The zero-order chi connectivity index (χ0) is 39.0. The molecule has 4 aliphatic rings. The Labute approximate surface area is 322 Å². The molecule has 4 bridgehead atoms. The molecule has 4 aromatic rings. The van der Waals surface area contributed by atoms with Crippen molar-refractivity contribution in [3.05, 3.63) is 59.9 Å². The Kier molecular flexibility index (Phi) is 11.0. The second-order valence-corrected chi connectivity index (χ2v) is 16.1. The fraction of sp³-hybridized carbons (Fsp3) is 0.537. The van der Waals surface area contributed by atoms with Crippen LogP contribution in [0, 0.1) is 23.7 Å². The van der Waals surface area contributed by atoms with Gasteiger partial charge in [0, 0.05) is 25.2 Å². The minimum Gasteiger partial charge on any atom is -0.496 e. The number of nitrogens with zero attached hydrogens (tertiary/aromatic N) is 6. The van der Waals surface area contributed by atoms with Gasteiger partial charge in [0.2, 0.25) is 0 Å². The molecule has 294 valence electrons. The first-order valence-corrected chi connectivity index (χ1v) is 19.4. The molecule has 0 spiro atoms. The Morgan fingerprint density at radius 2 is 1.71 bits per heavy atom. The Balaban J connectivity index is 1.23. The van der Waals surface area contributed by atoms with E-state index >= 15 is 0 Å². The smallest absolute Gasteiger partial charge is 0.330 e. The van der Waals surface area contributed by atoms with E-state index in [9.17, 15) is 19.8 Å². The Morgan fingerprint density at radius 3 is 2.31 bits per heavy atom. The predicted molar refractivity (Wildman–Crippen MR) is 207 cm³/mol. The second kappa shape index (κ2) is 15.8. The van der Waals surface area contributed by atoms with Gasteiger partial charge in [0.25, 0.3) is 5.91 Å². The van der Waals surface area contributed by atoms with E-state index < -0.39 is 23.5 Å². The van der Waals surface area contributed by atoms with Crippen LogP contribution in [0.2, 0.25) is 0 Å². The van der Waals surface area contributed by atoms with E-state index in [1.165, 1.54) is 6.42 Å². The normalized spacial score (nSPS) is 23.4. The highest BCUT2D eigenvalue weighted by Gasteiger charge is 2.62. The van der Waals surface area contributed by atoms with E-state index in [1.54, 1.807) is 25.0 Å². The summed E-state index contributed by atoms with van der Waals surface area (Å²) in [5.74, 6) is 0.524. The number of carboxylic acid groups (broad SMARTS) is 1. The van der Waals surface area contributed by atoms with Gasteiger partial charge in [-0.3, -0.25) is 9.48 Å². The third-order valence-electron chi connectivity index (χ3n) is 12.2. The molecule has 0 saturated heterocycles. The van der Waals surface area contributed by atoms with Gasteiger partial charge in [-0.15, -0.1) is 5.10 Å².